The summed E-state index contributed by atoms with van der Waals surface area (Å²) in [6.07, 6.45) is 8.00. The molecule has 0 bridgehead atoms. The molecule has 0 radical (unpaired) electrons. The van der Waals surface area contributed by atoms with Crippen LogP contribution < -0.4 is 0 Å². The Labute approximate surface area is 93.1 Å². The third-order valence-corrected chi connectivity index (χ3v) is 2.48. The van der Waals surface area contributed by atoms with Crippen molar-refractivity contribution < 1.29 is 4.42 Å². The van der Waals surface area contributed by atoms with Gasteiger partial charge in [-0.1, -0.05) is 47.0 Å². The number of unbranched alkanes of at least 4 members (excludes halogenated alkanes) is 3. The van der Waals surface area contributed by atoms with Crippen LogP contribution in [0.4, 0.5) is 0 Å². The highest BCUT2D eigenvalue weighted by molar-refractivity contribution is 5.03. The predicted molar refractivity (Wildman–Crippen MR) is 63.0 cm³/mol. The van der Waals surface area contributed by atoms with Crippen LogP contribution in [0.1, 0.15) is 65.0 Å². The maximum atomic E-state index is 5.47. The number of oxazole rings is 1. The molecule has 0 aliphatic rings. The zero-order chi connectivity index (χ0) is 11.3. The van der Waals surface area contributed by atoms with Crippen molar-refractivity contribution in [2.75, 3.05) is 0 Å². The number of hydrogen-bond acceptors (Lipinski definition) is 2. The van der Waals surface area contributed by atoms with Gasteiger partial charge in [0.25, 0.3) is 0 Å². The molecule has 1 aromatic rings. The van der Waals surface area contributed by atoms with Crippen LogP contribution in [0.5, 0.6) is 0 Å². The molecule has 0 unspecified atom stereocenters. The van der Waals surface area contributed by atoms with E-state index in [4.69, 9.17) is 4.42 Å². The maximum absolute atomic E-state index is 5.47. The molecule has 0 N–H and O–H groups in total. The average Bonchev–Trinajstić information content (AvgIpc) is 2.60. The van der Waals surface area contributed by atoms with Crippen LogP contribution >= 0.6 is 0 Å². The van der Waals surface area contributed by atoms with Crippen molar-refractivity contribution in [2.24, 2.45) is 0 Å². The Kier molecular flexibility index (Phi) is 4.37. The predicted octanol–water partition coefficient (Wildman–Crippen LogP) is 4.09. The van der Waals surface area contributed by atoms with Gasteiger partial charge >= 0.3 is 0 Å². The zero-order valence-corrected chi connectivity index (χ0v) is 10.5. The highest BCUT2D eigenvalue weighted by Gasteiger charge is 2.19. The molecule has 0 saturated carbocycles. The van der Waals surface area contributed by atoms with Gasteiger partial charge in [0, 0.05) is 5.41 Å². The number of aryl methyl sites for hydroxylation is 1. The molecule has 0 aromatic carbocycles. The van der Waals surface area contributed by atoms with Gasteiger partial charge in [0.1, 0.15) is 6.26 Å². The highest BCUT2D eigenvalue weighted by atomic mass is 16.3. The summed E-state index contributed by atoms with van der Waals surface area (Å²) in [5.74, 6) is 0.855. The summed E-state index contributed by atoms with van der Waals surface area (Å²) in [6.45, 7) is 8.60. The van der Waals surface area contributed by atoms with E-state index in [9.17, 15) is 0 Å². The van der Waals surface area contributed by atoms with Gasteiger partial charge in [-0.15, -0.1) is 0 Å². The molecule has 0 fully saturated rings. The SMILES string of the molecule is CCCCCCc1coc(C(C)(C)C)n1. The maximum Gasteiger partial charge on any atom is 0.199 e. The Morgan fingerprint density at radius 1 is 1.20 bits per heavy atom. The van der Waals surface area contributed by atoms with Gasteiger partial charge in [-0.25, -0.2) is 4.98 Å². The lowest BCUT2D eigenvalue weighted by Crippen LogP contribution is -2.11. The molecular weight excluding hydrogens is 186 g/mol. The molecule has 0 aliphatic heterocycles. The van der Waals surface area contributed by atoms with Gasteiger partial charge in [0.2, 0.25) is 0 Å². The zero-order valence-electron chi connectivity index (χ0n) is 10.5. The van der Waals surface area contributed by atoms with E-state index in [1.54, 1.807) is 0 Å². The van der Waals surface area contributed by atoms with Crippen LogP contribution in [-0.4, -0.2) is 4.98 Å². The van der Waals surface area contributed by atoms with Crippen LogP contribution in [0.25, 0.3) is 0 Å². The highest BCUT2D eigenvalue weighted by Crippen LogP contribution is 2.21. The van der Waals surface area contributed by atoms with Crippen LogP contribution in [0.2, 0.25) is 0 Å². The minimum Gasteiger partial charge on any atom is -0.448 e. The average molecular weight is 209 g/mol. The quantitative estimate of drug-likeness (QED) is 0.682. The Morgan fingerprint density at radius 3 is 2.47 bits per heavy atom. The largest absolute Gasteiger partial charge is 0.448 e. The summed E-state index contributed by atoms with van der Waals surface area (Å²) < 4.78 is 5.47. The fraction of sp³-hybridized carbons (Fsp3) is 0.769. The van der Waals surface area contributed by atoms with Crippen molar-refractivity contribution >= 4 is 0 Å². The molecule has 0 saturated heterocycles. The van der Waals surface area contributed by atoms with E-state index in [2.05, 4.69) is 32.7 Å². The van der Waals surface area contributed by atoms with Crippen molar-refractivity contribution in [3.05, 3.63) is 17.8 Å². The topological polar surface area (TPSA) is 26.0 Å². The van der Waals surface area contributed by atoms with Crippen LogP contribution in [0, 0.1) is 0 Å². The standard InChI is InChI=1S/C13H23NO/c1-5-6-7-8-9-11-10-15-12(14-11)13(2,3)4/h10H,5-9H2,1-4H3. The first-order chi connectivity index (χ1) is 7.04. The summed E-state index contributed by atoms with van der Waals surface area (Å²) in [4.78, 5) is 4.51. The monoisotopic (exact) mass is 209 g/mol. The molecule has 1 aromatic heterocycles. The molecule has 1 heterocycles. The van der Waals surface area contributed by atoms with Gasteiger partial charge in [0.05, 0.1) is 5.69 Å². The van der Waals surface area contributed by atoms with Crippen LogP contribution in [0.15, 0.2) is 10.7 Å². The molecule has 2 nitrogen and oxygen atoms in total. The minimum absolute atomic E-state index is 0.0294. The number of aromatic nitrogens is 1. The smallest absolute Gasteiger partial charge is 0.199 e. The van der Waals surface area contributed by atoms with E-state index in [0.29, 0.717) is 0 Å². The molecular formula is C13H23NO. The molecule has 15 heavy (non-hydrogen) atoms. The number of hydrogen-bond donors (Lipinski definition) is 0. The lowest BCUT2D eigenvalue weighted by atomic mass is 9.97. The van der Waals surface area contributed by atoms with Crippen molar-refractivity contribution in [1.29, 1.82) is 0 Å². The molecule has 86 valence electrons. The van der Waals surface area contributed by atoms with Gasteiger partial charge in [-0.05, 0) is 12.8 Å². The summed E-state index contributed by atoms with van der Waals surface area (Å²) in [5.41, 5.74) is 1.14. The van der Waals surface area contributed by atoms with Gasteiger partial charge in [-0.2, -0.15) is 0 Å². The van der Waals surface area contributed by atoms with Gasteiger partial charge < -0.3 is 4.42 Å². The number of nitrogens with zero attached hydrogens (tertiary/aromatic N) is 1. The second-order valence-electron chi connectivity index (χ2n) is 5.20. The summed E-state index contributed by atoms with van der Waals surface area (Å²) in [6, 6.07) is 0. The van der Waals surface area contributed by atoms with Crippen molar-refractivity contribution in [3.63, 3.8) is 0 Å². The molecule has 0 atom stereocenters. The third-order valence-electron chi connectivity index (χ3n) is 2.48. The van der Waals surface area contributed by atoms with E-state index in [0.717, 1.165) is 18.0 Å². The molecule has 0 spiro atoms. The lowest BCUT2D eigenvalue weighted by molar-refractivity contribution is 0.392. The fourth-order valence-electron chi connectivity index (χ4n) is 1.50. The first-order valence-electron chi connectivity index (χ1n) is 5.99. The van der Waals surface area contributed by atoms with E-state index >= 15 is 0 Å². The molecule has 2 heteroatoms. The first-order valence-corrected chi connectivity index (χ1v) is 5.99. The van der Waals surface area contributed by atoms with Gasteiger partial charge in [-0.3, -0.25) is 0 Å². The summed E-state index contributed by atoms with van der Waals surface area (Å²) >= 11 is 0. The summed E-state index contributed by atoms with van der Waals surface area (Å²) in [5, 5.41) is 0. The van der Waals surface area contributed by atoms with E-state index < -0.39 is 0 Å². The van der Waals surface area contributed by atoms with Crippen LogP contribution in [0.3, 0.4) is 0 Å². The first kappa shape index (κ1) is 12.3. The Morgan fingerprint density at radius 2 is 1.93 bits per heavy atom. The van der Waals surface area contributed by atoms with Crippen molar-refractivity contribution in [1.82, 2.24) is 4.98 Å². The van der Waals surface area contributed by atoms with Crippen molar-refractivity contribution in [3.8, 4) is 0 Å². The molecule has 0 aliphatic carbocycles. The normalized spacial score (nSPS) is 12.0. The van der Waals surface area contributed by atoms with Crippen LogP contribution in [-0.2, 0) is 11.8 Å². The third kappa shape index (κ3) is 4.06. The van der Waals surface area contributed by atoms with E-state index in [-0.39, 0.29) is 5.41 Å². The van der Waals surface area contributed by atoms with E-state index in [1.807, 2.05) is 6.26 Å². The fourth-order valence-corrected chi connectivity index (χ4v) is 1.50. The molecule has 0 amide bonds. The van der Waals surface area contributed by atoms with Crippen molar-refractivity contribution in [2.45, 2.75) is 65.2 Å². The Hall–Kier alpha value is -0.790. The molecule has 1 rings (SSSR count). The number of rotatable bonds is 5. The Bertz CT molecular complexity index is 283. The second kappa shape index (κ2) is 5.34. The Balaban J connectivity index is 2.40. The second-order valence-corrected chi connectivity index (χ2v) is 5.20. The summed E-state index contributed by atoms with van der Waals surface area (Å²) in [7, 11) is 0. The minimum atomic E-state index is 0.0294. The lowest BCUT2D eigenvalue weighted by Gasteiger charge is -2.11. The van der Waals surface area contributed by atoms with E-state index in [1.165, 1.54) is 25.7 Å². The van der Waals surface area contributed by atoms with Gasteiger partial charge in [0.15, 0.2) is 5.89 Å².